The fraction of sp³-hybridized carbons (Fsp3) is 0.444. The molecule has 0 radical (unpaired) electrons. The Morgan fingerprint density at radius 2 is 2.31 bits per heavy atom. The van der Waals surface area contributed by atoms with Crippen molar-refractivity contribution in [3.63, 3.8) is 0 Å². The van der Waals surface area contributed by atoms with Crippen LogP contribution >= 0.6 is 0 Å². The zero-order valence-electron chi connectivity index (χ0n) is 8.75. The maximum absolute atomic E-state index is 11.5. The number of hydrogen-bond acceptors (Lipinski definition) is 4. The quantitative estimate of drug-likeness (QED) is 0.597. The van der Waals surface area contributed by atoms with Gasteiger partial charge in [0, 0.05) is 26.2 Å². The van der Waals surface area contributed by atoms with Gasteiger partial charge in [-0.1, -0.05) is 0 Å². The van der Waals surface area contributed by atoms with Gasteiger partial charge >= 0.3 is 5.97 Å². The fourth-order valence-electron chi connectivity index (χ4n) is 1.13. The molecule has 1 unspecified atom stereocenters. The summed E-state index contributed by atoms with van der Waals surface area (Å²) >= 11 is 0. The Balaban J connectivity index is 2.37. The van der Waals surface area contributed by atoms with Gasteiger partial charge in [-0.05, 0) is 6.07 Å². The first-order chi connectivity index (χ1) is 7.52. The summed E-state index contributed by atoms with van der Waals surface area (Å²) in [6.07, 6.45) is 0.00627. The number of carbonyl (C=O) groups is 2. The number of carboxylic acid groups (broad SMARTS) is 1. The Bertz CT molecular complexity index is 388. The van der Waals surface area contributed by atoms with Gasteiger partial charge in [0.15, 0.2) is 6.10 Å². The summed E-state index contributed by atoms with van der Waals surface area (Å²) in [5.41, 5.74) is 0.379. The van der Waals surface area contributed by atoms with Crippen molar-refractivity contribution in [1.82, 2.24) is 15.1 Å². The average molecular weight is 227 g/mol. The van der Waals surface area contributed by atoms with Gasteiger partial charge in [0.1, 0.15) is 5.69 Å². The van der Waals surface area contributed by atoms with Crippen LogP contribution in [0.15, 0.2) is 12.3 Å². The summed E-state index contributed by atoms with van der Waals surface area (Å²) in [5.74, 6) is -1.65. The smallest absolute Gasteiger partial charge is 0.332 e. The van der Waals surface area contributed by atoms with Crippen molar-refractivity contribution in [2.24, 2.45) is 7.05 Å². The van der Waals surface area contributed by atoms with E-state index < -0.39 is 12.1 Å². The van der Waals surface area contributed by atoms with E-state index in [1.807, 2.05) is 0 Å². The molecule has 0 aliphatic carbocycles. The van der Waals surface area contributed by atoms with E-state index in [0.717, 1.165) is 0 Å². The fourth-order valence-corrected chi connectivity index (χ4v) is 1.13. The lowest BCUT2D eigenvalue weighted by Crippen LogP contribution is -2.31. The molecule has 0 saturated carbocycles. The highest BCUT2D eigenvalue weighted by Gasteiger charge is 2.14. The number of hydrogen-bond donors (Lipinski definition) is 3. The molecule has 0 bridgehead atoms. The van der Waals surface area contributed by atoms with E-state index in [4.69, 9.17) is 10.2 Å². The lowest BCUT2D eigenvalue weighted by atomic mass is 10.2. The first kappa shape index (κ1) is 12.2. The number of carbonyl (C=O) groups excluding carboxylic acids is 1. The van der Waals surface area contributed by atoms with E-state index in [1.54, 1.807) is 13.1 Å². The molecule has 0 spiro atoms. The van der Waals surface area contributed by atoms with Gasteiger partial charge in [-0.25, -0.2) is 4.79 Å². The average Bonchev–Trinajstić information content (AvgIpc) is 2.64. The number of carboxylic acids is 1. The van der Waals surface area contributed by atoms with Gasteiger partial charge in [-0.15, -0.1) is 0 Å². The molecule has 1 rings (SSSR count). The predicted molar refractivity (Wildman–Crippen MR) is 53.8 cm³/mol. The van der Waals surface area contributed by atoms with Crippen molar-refractivity contribution in [3.05, 3.63) is 18.0 Å². The van der Waals surface area contributed by atoms with Gasteiger partial charge in [0.25, 0.3) is 5.91 Å². The van der Waals surface area contributed by atoms with E-state index in [1.165, 1.54) is 10.9 Å². The largest absolute Gasteiger partial charge is 0.479 e. The number of aliphatic hydroxyl groups is 1. The third-order valence-corrected chi connectivity index (χ3v) is 2.04. The normalized spacial score (nSPS) is 12.1. The van der Waals surface area contributed by atoms with Crippen LogP contribution in [-0.2, 0) is 11.8 Å². The van der Waals surface area contributed by atoms with E-state index in [0.29, 0.717) is 5.69 Å². The molecule has 0 saturated heterocycles. The minimum Gasteiger partial charge on any atom is -0.479 e. The number of aromatic nitrogens is 2. The number of aryl methyl sites for hydroxylation is 1. The third kappa shape index (κ3) is 3.06. The summed E-state index contributed by atoms with van der Waals surface area (Å²) in [6.45, 7) is 0.0947. The number of rotatable bonds is 5. The number of nitrogens with one attached hydrogen (secondary N) is 1. The molecule has 0 aliphatic heterocycles. The molecule has 88 valence electrons. The molecule has 1 atom stereocenters. The van der Waals surface area contributed by atoms with Gasteiger partial charge in [0.2, 0.25) is 0 Å². The highest BCUT2D eigenvalue weighted by molar-refractivity contribution is 5.92. The summed E-state index contributed by atoms with van der Waals surface area (Å²) < 4.78 is 1.41. The van der Waals surface area contributed by atoms with E-state index >= 15 is 0 Å². The predicted octanol–water partition coefficient (Wildman–Crippen LogP) is -1.01. The van der Waals surface area contributed by atoms with Crippen LogP contribution < -0.4 is 5.32 Å². The van der Waals surface area contributed by atoms with Crippen LogP contribution in [0, 0.1) is 0 Å². The molecule has 1 aromatic rings. The van der Waals surface area contributed by atoms with Crippen LogP contribution in [0.1, 0.15) is 16.9 Å². The molecule has 0 aliphatic rings. The Morgan fingerprint density at radius 1 is 1.62 bits per heavy atom. The highest BCUT2D eigenvalue weighted by Crippen LogP contribution is 1.96. The standard InChI is InChI=1S/C9H13N3O4/c1-12-6(2-5-11-12)8(14)10-4-3-7(13)9(15)16/h2,5,7,13H,3-4H2,1H3,(H,10,14)(H,15,16). The van der Waals surface area contributed by atoms with E-state index in [9.17, 15) is 9.59 Å². The summed E-state index contributed by atoms with van der Waals surface area (Å²) in [7, 11) is 1.63. The van der Waals surface area contributed by atoms with Crippen LogP contribution in [0.2, 0.25) is 0 Å². The van der Waals surface area contributed by atoms with Gasteiger partial charge < -0.3 is 15.5 Å². The van der Waals surface area contributed by atoms with Gasteiger partial charge in [-0.2, -0.15) is 5.10 Å². The van der Waals surface area contributed by atoms with Crippen LogP contribution in [0.25, 0.3) is 0 Å². The molecule has 7 nitrogen and oxygen atoms in total. The minimum absolute atomic E-state index is 0.0288. The van der Waals surface area contributed by atoms with Crippen LogP contribution in [-0.4, -0.2) is 44.5 Å². The van der Waals surface area contributed by atoms with Crippen molar-refractivity contribution >= 4 is 11.9 Å². The minimum atomic E-state index is -1.45. The molecule has 7 heteroatoms. The second kappa shape index (κ2) is 5.26. The number of amides is 1. The maximum Gasteiger partial charge on any atom is 0.332 e. The Hall–Kier alpha value is -1.89. The van der Waals surface area contributed by atoms with Crippen molar-refractivity contribution < 1.29 is 19.8 Å². The monoisotopic (exact) mass is 227 g/mol. The summed E-state index contributed by atoms with van der Waals surface area (Å²) in [5, 5.41) is 23.7. The maximum atomic E-state index is 11.5. The highest BCUT2D eigenvalue weighted by atomic mass is 16.4. The Kier molecular flexibility index (Phi) is 4.01. The molecule has 1 heterocycles. The first-order valence-corrected chi connectivity index (χ1v) is 4.69. The lowest BCUT2D eigenvalue weighted by Gasteiger charge is -2.07. The van der Waals surface area contributed by atoms with Gasteiger partial charge in [0.05, 0.1) is 0 Å². The number of aliphatic carboxylic acids is 1. The molecule has 1 aromatic heterocycles. The van der Waals surface area contributed by atoms with Crippen molar-refractivity contribution in [1.29, 1.82) is 0 Å². The first-order valence-electron chi connectivity index (χ1n) is 4.69. The molecule has 0 aromatic carbocycles. The third-order valence-electron chi connectivity index (χ3n) is 2.04. The van der Waals surface area contributed by atoms with Crippen molar-refractivity contribution in [3.8, 4) is 0 Å². The zero-order chi connectivity index (χ0) is 12.1. The lowest BCUT2D eigenvalue weighted by molar-refractivity contribution is -0.146. The molecule has 0 fully saturated rings. The Morgan fingerprint density at radius 3 is 2.81 bits per heavy atom. The molecular weight excluding hydrogens is 214 g/mol. The molecular formula is C9H13N3O4. The van der Waals surface area contributed by atoms with E-state index in [-0.39, 0.29) is 18.9 Å². The summed E-state index contributed by atoms with van der Waals surface area (Å²) in [6, 6.07) is 1.54. The zero-order valence-corrected chi connectivity index (χ0v) is 8.75. The number of aliphatic hydroxyl groups excluding tert-OH is 1. The summed E-state index contributed by atoms with van der Waals surface area (Å²) in [4.78, 5) is 21.8. The molecule has 3 N–H and O–H groups in total. The van der Waals surface area contributed by atoms with Crippen molar-refractivity contribution in [2.45, 2.75) is 12.5 Å². The molecule has 16 heavy (non-hydrogen) atoms. The second-order valence-electron chi connectivity index (χ2n) is 3.24. The Labute approximate surface area is 91.7 Å². The van der Waals surface area contributed by atoms with Gasteiger partial charge in [-0.3, -0.25) is 9.48 Å². The SMILES string of the molecule is Cn1nccc1C(=O)NCCC(O)C(=O)O. The second-order valence-corrected chi connectivity index (χ2v) is 3.24. The van der Waals surface area contributed by atoms with Crippen LogP contribution in [0.5, 0.6) is 0 Å². The number of nitrogens with zero attached hydrogens (tertiary/aromatic N) is 2. The van der Waals surface area contributed by atoms with Crippen molar-refractivity contribution in [2.75, 3.05) is 6.54 Å². The molecule has 1 amide bonds. The topological polar surface area (TPSA) is 104 Å². The van der Waals surface area contributed by atoms with Crippen LogP contribution in [0.3, 0.4) is 0 Å². The van der Waals surface area contributed by atoms with Crippen LogP contribution in [0.4, 0.5) is 0 Å². The van der Waals surface area contributed by atoms with E-state index in [2.05, 4.69) is 10.4 Å².